The summed E-state index contributed by atoms with van der Waals surface area (Å²) in [6.07, 6.45) is 0. The van der Waals surface area contributed by atoms with Gasteiger partial charge in [-0.3, -0.25) is 0 Å². The molecule has 3 aromatic heterocycles. The molecule has 0 aliphatic carbocycles. The van der Waals surface area contributed by atoms with Crippen LogP contribution in [0.3, 0.4) is 0 Å². The Morgan fingerprint density at radius 2 is 1.33 bits per heavy atom. The number of nitrogens with zero attached hydrogens (tertiary/aromatic N) is 1. The molecular weight excluding hydrogens is 330 g/mol. The largest absolute Gasteiger partial charge is 0.455 e. The molecule has 0 fully saturated rings. The van der Waals surface area contributed by atoms with Gasteiger partial charge in [0, 0.05) is 26.9 Å². The van der Waals surface area contributed by atoms with Crippen molar-refractivity contribution < 1.29 is 4.42 Å². The Morgan fingerprint density at radius 3 is 2.19 bits per heavy atom. The molecule has 0 spiro atoms. The molecule has 0 aliphatic heterocycles. The van der Waals surface area contributed by atoms with Crippen LogP contribution in [-0.4, -0.2) is 4.40 Å². The second-order valence-corrected chi connectivity index (χ2v) is 7.45. The molecule has 0 unspecified atom stereocenters. The van der Waals surface area contributed by atoms with Gasteiger partial charge < -0.3 is 8.82 Å². The summed E-state index contributed by atoms with van der Waals surface area (Å²) in [6.45, 7) is 2.12. The van der Waals surface area contributed by atoms with Crippen LogP contribution in [-0.2, 0) is 0 Å². The summed E-state index contributed by atoms with van der Waals surface area (Å²) in [6, 6.07) is 26.1. The summed E-state index contributed by atoms with van der Waals surface area (Å²) in [5.74, 6) is 0. The molecule has 0 amide bonds. The average molecular weight is 345 g/mol. The molecule has 3 heterocycles. The first kappa shape index (κ1) is 13.7. The van der Waals surface area contributed by atoms with Gasteiger partial charge in [0.05, 0.1) is 21.9 Å². The minimum atomic E-state index is 0.997. The Hall–Kier alpha value is -3.52. The summed E-state index contributed by atoms with van der Waals surface area (Å²) < 4.78 is 8.88. The standard InChI is InChI=1S/C25H15NO/c1-14-7-6-10-16-19-13-18-15-8-2-4-11-20(15)26-21-12-5-3-9-17(21)22(23(18)26)25(19)27-24(14)16/h2-13H,1H3. The molecule has 126 valence electrons. The molecule has 0 aliphatic rings. The third-order valence-corrected chi connectivity index (χ3v) is 6.03. The predicted octanol–water partition coefficient (Wildman–Crippen LogP) is 7.04. The summed E-state index contributed by atoms with van der Waals surface area (Å²) >= 11 is 0. The normalized spacial score (nSPS) is 12.6. The first-order valence-corrected chi connectivity index (χ1v) is 9.31. The van der Waals surface area contributed by atoms with Crippen molar-refractivity contribution in [3.8, 4) is 0 Å². The molecule has 0 radical (unpaired) electrons. The van der Waals surface area contributed by atoms with Crippen LogP contribution in [0, 0.1) is 6.92 Å². The van der Waals surface area contributed by atoms with Gasteiger partial charge in [-0.15, -0.1) is 0 Å². The van der Waals surface area contributed by atoms with E-state index < -0.39 is 0 Å². The number of para-hydroxylation sites is 3. The lowest BCUT2D eigenvalue weighted by molar-refractivity contribution is 0.670. The van der Waals surface area contributed by atoms with E-state index >= 15 is 0 Å². The highest BCUT2D eigenvalue weighted by Crippen LogP contribution is 2.45. The summed E-state index contributed by atoms with van der Waals surface area (Å²) in [5, 5.41) is 7.48. The van der Waals surface area contributed by atoms with Crippen LogP contribution in [0.5, 0.6) is 0 Å². The lowest BCUT2D eigenvalue weighted by Gasteiger charge is -1.97. The fraction of sp³-hybridized carbons (Fsp3) is 0.0400. The van der Waals surface area contributed by atoms with Gasteiger partial charge in [-0.2, -0.15) is 0 Å². The van der Waals surface area contributed by atoms with Crippen molar-refractivity contribution in [1.29, 1.82) is 0 Å². The monoisotopic (exact) mass is 345 g/mol. The average Bonchev–Trinajstić information content (AvgIpc) is 3.34. The van der Waals surface area contributed by atoms with Gasteiger partial charge in [-0.05, 0) is 30.7 Å². The second-order valence-electron chi connectivity index (χ2n) is 7.45. The van der Waals surface area contributed by atoms with E-state index in [9.17, 15) is 0 Å². The molecule has 2 nitrogen and oxygen atoms in total. The third-order valence-electron chi connectivity index (χ3n) is 6.03. The van der Waals surface area contributed by atoms with Crippen molar-refractivity contribution in [1.82, 2.24) is 4.40 Å². The zero-order valence-electron chi connectivity index (χ0n) is 14.8. The van der Waals surface area contributed by atoms with Gasteiger partial charge in [0.2, 0.25) is 0 Å². The van der Waals surface area contributed by atoms with Crippen LogP contribution in [0.25, 0.3) is 60.0 Å². The Morgan fingerprint density at radius 1 is 0.630 bits per heavy atom. The van der Waals surface area contributed by atoms with Crippen LogP contribution in [0.4, 0.5) is 0 Å². The molecule has 0 saturated carbocycles. The zero-order valence-corrected chi connectivity index (χ0v) is 14.8. The SMILES string of the molecule is Cc1cccc2c1oc1c2cc2c3ccccc3n3c4ccccc4c1c23. The van der Waals surface area contributed by atoms with Crippen LogP contribution in [0.1, 0.15) is 5.56 Å². The molecule has 0 atom stereocenters. The highest BCUT2D eigenvalue weighted by molar-refractivity contribution is 6.32. The van der Waals surface area contributed by atoms with Crippen molar-refractivity contribution >= 4 is 60.0 Å². The van der Waals surface area contributed by atoms with Crippen molar-refractivity contribution in [2.24, 2.45) is 0 Å². The number of hydrogen-bond acceptors (Lipinski definition) is 1. The van der Waals surface area contributed by atoms with Crippen LogP contribution in [0.15, 0.2) is 77.2 Å². The maximum atomic E-state index is 6.49. The van der Waals surface area contributed by atoms with E-state index in [4.69, 9.17) is 4.42 Å². The molecule has 0 saturated heterocycles. The van der Waals surface area contributed by atoms with E-state index in [0.29, 0.717) is 0 Å². The quantitative estimate of drug-likeness (QED) is 0.288. The van der Waals surface area contributed by atoms with Crippen LogP contribution in [0.2, 0.25) is 0 Å². The Kier molecular flexibility index (Phi) is 2.23. The Balaban J connectivity index is 1.94. The molecule has 0 bridgehead atoms. The smallest absolute Gasteiger partial charge is 0.145 e. The van der Waals surface area contributed by atoms with E-state index in [2.05, 4.69) is 84.1 Å². The van der Waals surface area contributed by atoms with Gasteiger partial charge in [0.1, 0.15) is 11.2 Å². The van der Waals surface area contributed by atoms with Gasteiger partial charge in [0.25, 0.3) is 0 Å². The number of aryl methyl sites for hydroxylation is 1. The summed E-state index contributed by atoms with van der Waals surface area (Å²) in [4.78, 5) is 0. The number of rotatable bonds is 0. The molecule has 7 rings (SSSR count). The number of hydrogen-bond donors (Lipinski definition) is 0. The van der Waals surface area contributed by atoms with Crippen LogP contribution >= 0.6 is 0 Å². The first-order chi connectivity index (χ1) is 13.3. The number of furan rings is 1. The molecule has 7 aromatic rings. The van der Waals surface area contributed by atoms with Gasteiger partial charge in [-0.1, -0.05) is 54.6 Å². The summed E-state index contributed by atoms with van der Waals surface area (Å²) in [7, 11) is 0. The van der Waals surface area contributed by atoms with E-state index in [1.807, 2.05) is 0 Å². The molecule has 0 N–H and O–H groups in total. The third kappa shape index (κ3) is 1.46. The Labute approximate surface area is 154 Å². The maximum absolute atomic E-state index is 6.49. The van der Waals surface area contributed by atoms with Crippen molar-refractivity contribution in [2.45, 2.75) is 6.92 Å². The van der Waals surface area contributed by atoms with Gasteiger partial charge in [-0.25, -0.2) is 0 Å². The molecule has 27 heavy (non-hydrogen) atoms. The summed E-state index contributed by atoms with van der Waals surface area (Å²) in [5.41, 5.74) is 6.94. The molecule has 4 aromatic carbocycles. The lowest BCUT2D eigenvalue weighted by Crippen LogP contribution is -1.78. The van der Waals surface area contributed by atoms with E-state index in [-0.39, 0.29) is 0 Å². The van der Waals surface area contributed by atoms with Gasteiger partial charge in [0.15, 0.2) is 0 Å². The lowest BCUT2D eigenvalue weighted by atomic mass is 10.0. The van der Waals surface area contributed by atoms with Crippen LogP contribution < -0.4 is 0 Å². The molecular formula is C25H15NO. The first-order valence-electron chi connectivity index (χ1n) is 9.31. The Bertz CT molecular complexity index is 1680. The zero-order chi connectivity index (χ0) is 17.7. The minimum absolute atomic E-state index is 0.997. The molecule has 2 heteroatoms. The predicted molar refractivity (Wildman–Crippen MR) is 113 cm³/mol. The van der Waals surface area contributed by atoms with Gasteiger partial charge >= 0.3 is 0 Å². The van der Waals surface area contributed by atoms with Crippen molar-refractivity contribution in [2.75, 3.05) is 0 Å². The van der Waals surface area contributed by atoms with E-state index in [1.54, 1.807) is 0 Å². The van der Waals surface area contributed by atoms with E-state index in [0.717, 1.165) is 11.2 Å². The second kappa shape index (κ2) is 4.41. The van der Waals surface area contributed by atoms with E-state index in [1.165, 1.54) is 54.4 Å². The van der Waals surface area contributed by atoms with Crippen molar-refractivity contribution in [3.05, 3.63) is 78.4 Å². The number of fused-ring (bicyclic) bond motifs is 10. The fourth-order valence-corrected chi connectivity index (χ4v) is 4.90. The maximum Gasteiger partial charge on any atom is 0.145 e. The van der Waals surface area contributed by atoms with Crippen molar-refractivity contribution in [3.63, 3.8) is 0 Å². The fourth-order valence-electron chi connectivity index (χ4n) is 4.90. The number of benzene rings is 4. The topological polar surface area (TPSA) is 17.6 Å². The minimum Gasteiger partial charge on any atom is -0.455 e. The highest BCUT2D eigenvalue weighted by atomic mass is 16.3. The highest BCUT2D eigenvalue weighted by Gasteiger charge is 2.22. The number of aromatic nitrogens is 1.